The van der Waals surface area contributed by atoms with Gasteiger partial charge in [-0.15, -0.1) is 0 Å². The summed E-state index contributed by atoms with van der Waals surface area (Å²) in [5, 5.41) is 7.88. The fraction of sp³-hybridized carbons (Fsp3) is 0.312. The van der Waals surface area contributed by atoms with Crippen molar-refractivity contribution in [2.75, 3.05) is 44.0 Å². The van der Waals surface area contributed by atoms with Crippen molar-refractivity contribution in [1.29, 1.82) is 0 Å². The van der Waals surface area contributed by atoms with Crippen LogP contribution in [-0.2, 0) is 11.3 Å². The normalized spacial score (nSPS) is 14.1. The Morgan fingerprint density at radius 2 is 1.70 bits per heavy atom. The number of ether oxygens (including phenoxy) is 3. The van der Waals surface area contributed by atoms with Gasteiger partial charge < -0.3 is 24.8 Å². The number of fused-ring (bicyclic) bond motifs is 1. The molecule has 208 valence electrons. The van der Waals surface area contributed by atoms with Gasteiger partial charge in [-0.2, -0.15) is 0 Å². The predicted molar refractivity (Wildman–Crippen MR) is 159 cm³/mol. The molecule has 3 aromatic carbocycles. The second kappa shape index (κ2) is 11.9. The first-order chi connectivity index (χ1) is 19.3. The highest BCUT2D eigenvalue weighted by molar-refractivity contribution is 6.10. The van der Waals surface area contributed by atoms with E-state index >= 15 is 0 Å². The summed E-state index contributed by atoms with van der Waals surface area (Å²) in [4.78, 5) is 20.2. The number of nitrogens with one attached hydrogen (secondary N) is 2. The molecule has 1 fully saturated rings. The highest BCUT2D eigenvalue weighted by Crippen LogP contribution is 2.34. The van der Waals surface area contributed by atoms with Crippen LogP contribution < -0.4 is 20.1 Å². The first-order valence-electron chi connectivity index (χ1n) is 13.5. The maximum absolute atomic E-state index is 13.1. The number of morpholine rings is 1. The van der Waals surface area contributed by atoms with Gasteiger partial charge in [0.2, 0.25) is 0 Å². The van der Waals surface area contributed by atoms with E-state index in [9.17, 15) is 4.79 Å². The van der Waals surface area contributed by atoms with Gasteiger partial charge >= 0.3 is 6.03 Å². The second-order valence-electron chi connectivity index (χ2n) is 10.8. The molecule has 0 saturated carbocycles. The standard InChI is InChI=1S/C32H36N4O4/c1-32(2,3)40-24-11-14-30(38-4)29(19-24)35-31(37)34-28-13-12-25(26-7-5-6-8-27(26)28)22-9-10-23(33-20-22)21-36-15-17-39-18-16-36/h5-14,19-20H,15-18,21H2,1-4H3,(H2,34,35,37). The molecule has 1 aliphatic heterocycles. The van der Waals surface area contributed by atoms with Gasteiger partial charge in [0.1, 0.15) is 17.1 Å². The number of nitrogens with zero attached hydrogens (tertiary/aromatic N) is 2. The van der Waals surface area contributed by atoms with Gasteiger partial charge in [0.25, 0.3) is 0 Å². The molecule has 2 heterocycles. The van der Waals surface area contributed by atoms with E-state index in [0.717, 1.165) is 60.4 Å². The van der Waals surface area contributed by atoms with E-state index in [4.69, 9.17) is 19.2 Å². The summed E-state index contributed by atoms with van der Waals surface area (Å²) in [6, 6.07) is 21.2. The lowest BCUT2D eigenvalue weighted by atomic mass is 9.98. The smallest absolute Gasteiger partial charge is 0.323 e. The van der Waals surface area contributed by atoms with Gasteiger partial charge in [0.05, 0.1) is 37.4 Å². The third-order valence-electron chi connectivity index (χ3n) is 6.64. The van der Waals surface area contributed by atoms with Crippen molar-refractivity contribution in [2.45, 2.75) is 32.9 Å². The van der Waals surface area contributed by atoms with Crippen LogP contribution in [-0.4, -0.2) is 54.9 Å². The number of amides is 2. The Bertz CT molecular complexity index is 1480. The van der Waals surface area contributed by atoms with Crippen LogP contribution >= 0.6 is 0 Å². The molecule has 0 spiro atoms. The number of methoxy groups -OCH3 is 1. The van der Waals surface area contributed by atoms with E-state index in [1.54, 1.807) is 19.2 Å². The van der Waals surface area contributed by atoms with Crippen LogP contribution in [0.4, 0.5) is 16.2 Å². The summed E-state index contributed by atoms with van der Waals surface area (Å²) in [5.41, 5.74) is 3.98. The molecule has 0 aliphatic carbocycles. The van der Waals surface area contributed by atoms with Gasteiger partial charge in [-0.25, -0.2) is 4.79 Å². The molecule has 0 radical (unpaired) electrons. The molecule has 40 heavy (non-hydrogen) atoms. The largest absolute Gasteiger partial charge is 0.495 e. The van der Waals surface area contributed by atoms with Crippen LogP contribution in [0.5, 0.6) is 11.5 Å². The predicted octanol–water partition coefficient (Wildman–Crippen LogP) is 6.56. The second-order valence-corrected chi connectivity index (χ2v) is 10.8. The molecule has 8 heteroatoms. The molecule has 0 bridgehead atoms. The molecule has 2 amide bonds. The number of carbonyl (C=O) groups is 1. The van der Waals surface area contributed by atoms with Gasteiger partial charge in [0.15, 0.2) is 0 Å². The van der Waals surface area contributed by atoms with Gasteiger partial charge in [-0.1, -0.05) is 36.4 Å². The maximum atomic E-state index is 13.1. The minimum atomic E-state index is -0.377. The molecular weight excluding hydrogens is 504 g/mol. The molecular formula is C32H36N4O4. The number of aromatic nitrogens is 1. The molecule has 1 aliphatic rings. The van der Waals surface area contributed by atoms with Crippen molar-refractivity contribution in [3.8, 4) is 22.6 Å². The minimum absolute atomic E-state index is 0.368. The number of rotatable bonds is 7. The molecule has 5 rings (SSSR count). The van der Waals surface area contributed by atoms with Crippen molar-refractivity contribution in [1.82, 2.24) is 9.88 Å². The van der Waals surface area contributed by atoms with E-state index in [1.165, 1.54) is 0 Å². The van der Waals surface area contributed by atoms with Crippen LogP contribution in [0.2, 0.25) is 0 Å². The molecule has 2 N–H and O–H groups in total. The van der Waals surface area contributed by atoms with E-state index in [-0.39, 0.29) is 11.6 Å². The summed E-state index contributed by atoms with van der Waals surface area (Å²) < 4.78 is 16.9. The van der Waals surface area contributed by atoms with E-state index < -0.39 is 0 Å². The van der Waals surface area contributed by atoms with Crippen molar-refractivity contribution < 1.29 is 19.0 Å². The van der Waals surface area contributed by atoms with E-state index in [2.05, 4.69) is 33.7 Å². The Kier molecular flexibility index (Phi) is 8.19. The maximum Gasteiger partial charge on any atom is 0.323 e. The van der Waals surface area contributed by atoms with E-state index in [1.807, 2.05) is 63.4 Å². The lowest BCUT2D eigenvalue weighted by Crippen LogP contribution is -2.35. The molecule has 0 atom stereocenters. The summed E-state index contributed by atoms with van der Waals surface area (Å²) in [5.74, 6) is 1.18. The number of carbonyl (C=O) groups excluding carboxylic acids is 1. The zero-order chi connectivity index (χ0) is 28.1. The number of anilines is 2. The molecule has 0 unspecified atom stereocenters. The van der Waals surface area contributed by atoms with E-state index in [0.29, 0.717) is 22.9 Å². The molecule has 1 saturated heterocycles. The van der Waals surface area contributed by atoms with Gasteiger partial charge in [-0.3, -0.25) is 9.88 Å². The third kappa shape index (κ3) is 6.70. The first kappa shape index (κ1) is 27.4. The topological polar surface area (TPSA) is 85.0 Å². The average Bonchev–Trinajstić information content (AvgIpc) is 2.94. The van der Waals surface area contributed by atoms with Crippen molar-refractivity contribution in [2.24, 2.45) is 0 Å². The number of pyridine rings is 1. The summed E-state index contributed by atoms with van der Waals surface area (Å²) >= 11 is 0. The highest BCUT2D eigenvalue weighted by atomic mass is 16.5. The van der Waals surface area contributed by atoms with Gasteiger partial charge in [-0.05, 0) is 56.0 Å². The quantitative estimate of drug-likeness (QED) is 0.276. The Morgan fingerprint density at radius 1 is 0.950 bits per heavy atom. The molecule has 4 aromatic rings. The molecule has 1 aromatic heterocycles. The zero-order valence-corrected chi connectivity index (χ0v) is 23.5. The lowest BCUT2D eigenvalue weighted by Gasteiger charge is -2.26. The Balaban J connectivity index is 1.35. The highest BCUT2D eigenvalue weighted by Gasteiger charge is 2.16. The fourth-order valence-corrected chi connectivity index (χ4v) is 4.80. The summed E-state index contributed by atoms with van der Waals surface area (Å²) in [7, 11) is 1.57. The van der Waals surface area contributed by atoms with Gasteiger partial charge in [0, 0.05) is 42.8 Å². The fourth-order valence-electron chi connectivity index (χ4n) is 4.80. The zero-order valence-electron chi connectivity index (χ0n) is 23.5. The lowest BCUT2D eigenvalue weighted by molar-refractivity contribution is 0.0336. The van der Waals surface area contributed by atoms with Crippen molar-refractivity contribution in [3.05, 3.63) is 78.6 Å². The Labute approximate surface area is 235 Å². The number of benzene rings is 3. The number of urea groups is 1. The Hall–Kier alpha value is -4.14. The third-order valence-corrected chi connectivity index (χ3v) is 6.64. The molecule has 8 nitrogen and oxygen atoms in total. The van der Waals surface area contributed by atoms with Crippen LogP contribution in [0.15, 0.2) is 72.9 Å². The number of hydrogen-bond donors (Lipinski definition) is 2. The summed E-state index contributed by atoms with van der Waals surface area (Å²) in [6.07, 6.45) is 1.93. The van der Waals surface area contributed by atoms with Crippen LogP contribution in [0.1, 0.15) is 26.5 Å². The van der Waals surface area contributed by atoms with Crippen molar-refractivity contribution in [3.63, 3.8) is 0 Å². The monoisotopic (exact) mass is 540 g/mol. The summed E-state index contributed by atoms with van der Waals surface area (Å²) in [6.45, 7) is 10.1. The van der Waals surface area contributed by atoms with Crippen LogP contribution in [0.25, 0.3) is 21.9 Å². The SMILES string of the molecule is COc1ccc(OC(C)(C)C)cc1NC(=O)Nc1ccc(-c2ccc(CN3CCOCC3)nc2)c2ccccc12. The van der Waals surface area contributed by atoms with Crippen LogP contribution in [0, 0.1) is 0 Å². The van der Waals surface area contributed by atoms with Crippen LogP contribution in [0.3, 0.4) is 0 Å². The Morgan fingerprint density at radius 3 is 2.40 bits per heavy atom. The first-order valence-corrected chi connectivity index (χ1v) is 13.5. The van der Waals surface area contributed by atoms with Crippen molar-refractivity contribution >= 4 is 28.2 Å². The number of hydrogen-bond acceptors (Lipinski definition) is 6. The minimum Gasteiger partial charge on any atom is -0.495 e. The average molecular weight is 541 g/mol.